The monoisotopic (exact) mass is 221 g/mol. The fourth-order valence-electron chi connectivity index (χ4n) is 1.53. The summed E-state index contributed by atoms with van der Waals surface area (Å²) in [6, 6.07) is 2.13. The Bertz CT molecular complexity index is 379. The lowest BCUT2D eigenvalue weighted by atomic mass is 10.0. The summed E-state index contributed by atoms with van der Waals surface area (Å²) in [5.74, 6) is 1.51. The first-order chi connectivity index (χ1) is 7.58. The Hall–Kier alpha value is -1.57. The molecule has 86 valence electrons. The molecule has 0 saturated carbocycles. The molecule has 1 heterocycles. The Morgan fingerprint density at radius 3 is 2.38 bits per heavy atom. The zero-order valence-electron chi connectivity index (χ0n) is 9.90. The summed E-state index contributed by atoms with van der Waals surface area (Å²) in [6.07, 6.45) is 3.21. The predicted molar refractivity (Wildman–Crippen MR) is 58.8 cm³/mol. The first-order valence-corrected chi connectivity index (χ1v) is 4.96. The van der Waals surface area contributed by atoms with Crippen LogP contribution in [0.15, 0.2) is 34.8 Å². The number of nitrogens with zero attached hydrogens (tertiary/aromatic N) is 1. The molecule has 0 radical (unpaired) electrons. The van der Waals surface area contributed by atoms with Crippen molar-refractivity contribution in [2.45, 2.75) is 26.9 Å². The van der Waals surface area contributed by atoms with Crippen LogP contribution in [0.4, 0.5) is 0 Å². The number of nitriles is 1. The Kier molecular flexibility index (Phi) is 4.29. The standard InChI is InChI=1S/C12H15NO3/c1-8-5-11(6-9(2)15-8)12(7-13)10(3)16-14-4/h5-6,10H,1-4H3. The van der Waals surface area contributed by atoms with E-state index in [1.165, 1.54) is 7.11 Å². The van der Waals surface area contributed by atoms with E-state index in [4.69, 9.17) is 14.9 Å². The van der Waals surface area contributed by atoms with Gasteiger partial charge in [-0.25, -0.2) is 9.78 Å². The molecule has 1 rings (SSSR count). The zero-order valence-corrected chi connectivity index (χ0v) is 9.90. The Labute approximate surface area is 95.3 Å². The third-order valence-electron chi connectivity index (χ3n) is 2.12. The van der Waals surface area contributed by atoms with Crippen molar-refractivity contribution in [3.63, 3.8) is 0 Å². The van der Waals surface area contributed by atoms with Gasteiger partial charge < -0.3 is 4.74 Å². The van der Waals surface area contributed by atoms with Crippen LogP contribution in [0.3, 0.4) is 0 Å². The van der Waals surface area contributed by atoms with E-state index in [0.717, 1.165) is 17.1 Å². The second kappa shape index (κ2) is 5.50. The van der Waals surface area contributed by atoms with Gasteiger partial charge in [0.2, 0.25) is 0 Å². The lowest BCUT2D eigenvalue weighted by Gasteiger charge is -2.16. The van der Waals surface area contributed by atoms with E-state index in [0.29, 0.717) is 5.57 Å². The molecule has 0 aromatic carbocycles. The fourth-order valence-corrected chi connectivity index (χ4v) is 1.53. The van der Waals surface area contributed by atoms with Crippen LogP contribution in [0.5, 0.6) is 0 Å². The van der Waals surface area contributed by atoms with E-state index in [9.17, 15) is 0 Å². The molecule has 0 amide bonds. The van der Waals surface area contributed by atoms with Crippen molar-refractivity contribution in [1.82, 2.24) is 0 Å². The first kappa shape index (κ1) is 12.5. The molecule has 1 aliphatic rings. The van der Waals surface area contributed by atoms with Crippen LogP contribution in [0.25, 0.3) is 0 Å². The molecular formula is C12H15NO3. The van der Waals surface area contributed by atoms with Crippen molar-refractivity contribution in [2.24, 2.45) is 0 Å². The van der Waals surface area contributed by atoms with Crippen LogP contribution in [0, 0.1) is 11.3 Å². The average molecular weight is 221 g/mol. The third kappa shape index (κ3) is 2.96. The molecule has 1 atom stereocenters. The molecule has 0 aromatic heterocycles. The summed E-state index contributed by atoms with van der Waals surface area (Å²) in [6.45, 7) is 5.44. The van der Waals surface area contributed by atoms with Gasteiger partial charge in [0, 0.05) is 0 Å². The highest BCUT2D eigenvalue weighted by Gasteiger charge is 2.16. The number of allylic oxidation sites excluding steroid dienone is 5. The van der Waals surface area contributed by atoms with Crippen LogP contribution in [0.1, 0.15) is 20.8 Å². The lowest BCUT2D eigenvalue weighted by molar-refractivity contribution is -0.291. The van der Waals surface area contributed by atoms with Gasteiger partial charge in [-0.2, -0.15) is 5.26 Å². The molecule has 16 heavy (non-hydrogen) atoms. The smallest absolute Gasteiger partial charge is 0.125 e. The molecule has 0 spiro atoms. The summed E-state index contributed by atoms with van der Waals surface area (Å²) >= 11 is 0. The van der Waals surface area contributed by atoms with Gasteiger partial charge in [-0.05, 0) is 38.5 Å². The maximum Gasteiger partial charge on any atom is 0.125 e. The number of hydrogen-bond acceptors (Lipinski definition) is 4. The molecule has 4 nitrogen and oxygen atoms in total. The predicted octanol–water partition coefficient (Wildman–Crippen LogP) is 2.61. The minimum absolute atomic E-state index is 0.406. The molecule has 0 fully saturated rings. The van der Waals surface area contributed by atoms with Gasteiger partial charge in [0.1, 0.15) is 17.6 Å². The van der Waals surface area contributed by atoms with E-state index in [2.05, 4.69) is 11.0 Å². The molecule has 0 N–H and O–H groups in total. The van der Waals surface area contributed by atoms with Gasteiger partial charge >= 0.3 is 0 Å². The quantitative estimate of drug-likeness (QED) is 0.417. The van der Waals surface area contributed by atoms with Crippen molar-refractivity contribution in [3.05, 3.63) is 34.8 Å². The fraction of sp³-hybridized carbons (Fsp3) is 0.417. The lowest BCUT2D eigenvalue weighted by Crippen LogP contribution is -2.12. The largest absolute Gasteiger partial charge is 0.467 e. The van der Waals surface area contributed by atoms with E-state index in [-0.39, 0.29) is 0 Å². The van der Waals surface area contributed by atoms with E-state index < -0.39 is 6.10 Å². The first-order valence-electron chi connectivity index (χ1n) is 4.96. The highest BCUT2D eigenvalue weighted by atomic mass is 17.2. The molecule has 0 aliphatic carbocycles. The van der Waals surface area contributed by atoms with Crippen LogP contribution in [0.2, 0.25) is 0 Å². The van der Waals surface area contributed by atoms with Gasteiger partial charge in [-0.15, -0.1) is 0 Å². The summed E-state index contributed by atoms with van der Waals surface area (Å²) in [5, 5.41) is 9.11. The van der Waals surface area contributed by atoms with Crippen molar-refractivity contribution >= 4 is 0 Å². The average Bonchev–Trinajstić information content (AvgIpc) is 2.17. The highest BCUT2D eigenvalue weighted by molar-refractivity contribution is 5.46. The maximum absolute atomic E-state index is 9.11. The second-order valence-electron chi connectivity index (χ2n) is 3.50. The highest BCUT2D eigenvalue weighted by Crippen LogP contribution is 2.23. The van der Waals surface area contributed by atoms with Gasteiger partial charge in [-0.1, -0.05) is 0 Å². The summed E-state index contributed by atoms with van der Waals surface area (Å²) in [4.78, 5) is 9.51. The van der Waals surface area contributed by atoms with Crippen molar-refractivity contribution in [1.29, 1.82) is 5.26 Å². The van der Waals surface area contributed by atoms with Gasteiger partial charge in [0.15, 0.2) is 0 Å². The van der Waals surface area contributed by atoms with E-state index in [1.54, 1.807) is 19.1 Å². The van der Waals surface area contributed by atoms with Crippen LogP contribution in [-0.2, 0) is 14.5 Å². The normalized spacial score (nSPS) is 16.8. The van der Waals surface area contributed by atoms with E-state index in [1.807, 2.05) is 13.8 Å². The van der Waals surface area contributed by atoms with Crippen LogP contribution < -0.4 is 0 Å². The number of rotatable bonds is 3. The number of hydrogen-bond donors (Lipinski definition) is 0. The molecular weight excluding hydrogens is 206 g/mol. The van der Waals surface area contributed by atoms with Gasteiger partial charge in [-0.3, -0.25) is 0 Å². The Morgan fingerprint density at radius 2 is 1.94 bits per heavy atom. The minimum atomic E-state index is -0.406. The summed E-state index contributed by atoms with van der Waals surface area (Å²) < 4.78 is 5.36. The molecule has 1 unspecified atom stereocenters. The SMILES string of the molecule is COOC(C)C(C#N)=C1C=C(C)OC(C)=C1. The minimum Gasteiger partial charge on any atom is -0.467 e. The molecule has 0 saturated heterocycles. The van der Waals surface area contributed by atoms with Crippen molar-refractivity contribution in [2.75, 3.05) is 7.11 Å². The molecule has 0 bridgehead atoms. The van der Waals surface area contributed by atoms with Crippen molar-refractivity contribution < 1.29 is 14.5 Å². The third-order valence-corrected chi connectivity index (χ3v) is 2.12. The van der Waals surface area contributed by atoms with Crippen molar-refractivity contribution in [3.8, 4) is 6.07 Å². The Balaban J connectivity index is 3.09. The topological polar surface area (TPSA) is 51.5 Å². The molecule has 4 heteroatoms. The van der Waals surface area contributed by atoms with Crippen LogP contribution in [-0.4, -0.2) is 13.2 Å². The van der Waals surface area contributed by atoms with Gasteiger partial charge in [0.05, 0.1) is 18.8 Å². The Morgan fingerprint density at radius 1 is 1.38 bits per heavy atom. The van der Waals surface area contributed by atoms with Crippen LogP contribution >= 0.6 is 0 Å². The molecule has 0 aromatic rings. The van der Waals surface area contributed by atoms with Gasteiger partial charge in [0.25, 0.3) is 0 Å². The second-order valence-corrected chi connectivity index (χ2v) is 3.50. The molecule has 1 aliphatic heterocycles. The summed E-state index contributed by atoms with van der Waals surface area (Å²) in [7, 11) is 1.42. The maximum atomic E-state index is 9.11. The summed E-state index contributed by atoms with van der Waals surface area (Å²) in [5.41, 5.74) is 1.32. The van der Waals surface area contributed by atoms with E-state index >= 15 is 0 Å². The number of ether oxygens (including phenoxy) is 1. The zero-order chi connectivity index (χ0) is 12.1.